The number of nitrogens with one attached hydrogen (secondary N) is 1. The molecule has 2 rings (SSSR count). The highest BCUT2D eigenvalue weighted by Crippen LogP contribution is 2.34. The van der Waals surface area contributed by atoms with E-state index < -0.39 is 0 Å². The predicted molar refractivity (Wildman–Crippen MR) is 61.4 cm³/mol. The molecule has 0 heterocycles. The van der Waals surface area contributed by atoms with Gasteiger partial charge in [-0.25, -0.2) is 4.39 Å². The molecule has 0 aromatic heterocycles. The van der Waals surface area contributed by atoms with Crippen LogP contribution in [0.5, 0.6) is 0 Å². The van der Waals surface area contributed by atoms with Gasteiger partial charge in [0.25, 0.3) is 0 Å². The van der Waals surface area contributed by atoms with Crippen molar-refractivity contribution in [1.29, 1.82) is 0 Å². The third kappa shape index (κ3) is 2.16. The van der Waals surface area contributed by atoms with E-state index in [-0.39, 0.29) is 12.4 Å². The Morgan fingerprint density at radius 3 is 2.80 bits per heavy atom. The number of hydrogen-bond donors (Lipinski definition) is 2. The number of aliphatic hydroxyl groups is 1. The summed E-state index contributed by atoms with van der Waals surface area (Å²) < 4.78 is 13.8. The van der Waals surface area contributed by atoms with Crippen LogP contribution in [-0.2, 0) is 6.61 Å². The van der Waals surface area contributed by atoms with E-state index in [1.54, 1.807) is 0 Å². The summed E-state index contributed by atoms with van der Waals surface area (Å²) in [6.07, 6.45) is 2.30. The molecule has 0 aliphatic heterocycles. The number of halogens is 2. The summed E-state index contributed by atoms with van der Waals surface area (Å²) in [5, 5.41) is 12.5. The van der Waals surface area contributed by atoms with Crippen molar-refractivity contribution in [1.82, 2.24) is 0 Å². The molecule has 1 aromatic rings. The van der Waals surface area contributed by atoms with Crippen LogP contribution in [0.1, 0.15) is 24.0 Å². The van der Waals surface area contributed by atoms with E-state index in [1.165, 1.54) is 6.07 Å². The summed E-state index contributed by atoms with van der Waals surface area (Å²) in [5.74, 6) is -0.321. The molecule has 2 N–H and O–H groups in total. The van der Waals surface area contributed by atoms with Crippen molar-refractivity contribution in [3.8, 4) is 0 Å². The van der Waals surface area contributed by atoms with Gasteiger partial charge in [-0.2, -0.15) is 0 Å². The zero-order valence-corrected chi connectivity index (χ0v) is 10.1. The van der Waals surface area contributed by atoms with Gasteiger partial charge in [0.05, 0.1) is 11.1 Å². The monoisotopic (exact) mass is 273 g/mol. The number of anilines is 1. The summed E-state index contributed by atoms with van der Waals surface area (Å²) in [5.41, 5.74) is 2.32. The van der Waals surface area contributed by atoms with Gasteiger partial charge >= 0.3 is 0 Å². The quantitative estimate of drug-likeness (QED) is 0.888. The Kier molecular flexibility index (Phi) is 2.98. The lowest BCUT2D eigenvalue weighted by molar-refractivity contribution is 0.281. The van der Waals surface area contributed by atoms with E-state index >= 15 is 0 Å². The van der Waals surface area contributed by atoms with Crippen molar-refractivity contribution in [2.24, 2.45) is 0 Å². The van der Waals surface area contributed by atoms with Crippen LogP contribution < -0.4 is 5.32 Å². The smallest absolute Gasteiger partial charge is 0.138 e. The summed E-state index contributed by atoms with van der Waals surface area (Å²) in [6, 6.07) is 1.87. The van der Waals surface area contributed by atoms with E-state index in [0.717, 1.165) is 24.1 Å². The largest absolute Gasteiger partial charge is 0.392 e. The highest BCUT2D eigenvalue weighted by atomic mass is 79.9. The fourth-order valence-corrected chi connectivity index (χ4v) is 1.89. The summed E-state index contributed by atoms with van der Waals surface area (Å²) in [6.45, 7) is 1.71. The second-order valence-corrected chi connectivity index (χ2v) is 4.70. The molecule has 1 aromatic carbocycles. The first-order chi connectivity index (χ1) is 7.13. The van der Waals surface area contributed by atoms with Crippen molar-refractivity contribution in [3.05, 3.63) is 27.5 Å². The van der Waals surface area contributed by atoms with Gasteiger partial charge in [-0.15, -0.1) is 0 Å². The summed E-state index contributed by atoms with van der Waals surface area (Å²) in [4.78, 5) is 0. The van der Waals surface area contributed by atoms with Gasteiger partial charge in [0.1, 0.15) is 5.82 Å². The Bertz CT molecular complexity index is 391. The maximum Gasteiger partial charge on any atom is 0.138 e. The third-order valence-corrected chi connectivity index (χ3v) is 3.61. The minimum absolute atomic E-state index is 0.139. The molecule has 15 heavy (non-hydrogen) atoms. The van der Waals surface area contributed by atoms with Crippen molar-refractivity contribution >= 4 is 21.6 Å². The highest BCUT2D eigenvalue weighted by molar-refractivity contribution is 9.10. The van der Waals surface area contributed by atoms with Gasteiger partial charge in [0, 0.05) is 17.3 Å². The molecular weight excluding hydrogens is 261 g/mol. The Hall–Kier alpha value is -0.610. The highest BCUT2D eigenvalue weighted by Gasteiger charge is 2.23. The first-order valence-corrected chi connectivity index (χ1v) is 5.77. The minimum atomic E-state index is -0.321. The molecule has 0 saturated heterocycles. The fourth-order valence-electron chi connectivity index (χ4n) is 1.58. The maximum atomic E-state index is 13.4. The fraction of sp³-hybridized carbons (Fsp3) is 0.455. The average Bonchev–Trinajstić information content (AvgIpc) is 3.02. The normalized spacial score (nSPS) is 15.5. The Balaban J connectivity index is 2.43. The molecule has 0 radical (unpaired) electrons. The van der Waals surface area contributed by atoms with Gasteiger partial charge in [-0.1, -0.05) is 0 Å². The van der Waals surface area contributed by atoms with Gasteiger partial charge in [0.15, 0.2) is 0 Å². The molecule has 0 unspecified atom stereocenters. The zero-order valence-electron chi connectivity index (χ0n) is 8.48. The lowest BCUT2D eigenvalue weighted by Gasteiger charge is -2.15. The van der Waals surface area contributed by atoms with Crippen LogP contribution in [0.3, 0.4) is 0 Å². The van der Waals surface area contributed by atoms with E-state index in [0.29, 0.717) is 16.1 Å². The van der Waals surface area contributed by atoms with E-state index in [2.05, 4.69) is 21.2 Å². The second-order valence-electron chi connectivity index (χ2n) is 3.91. The maximum absolute atomic E-state index is 13.4. The number of aliphatic hydroxyl groups excluding tert-OH is 1. The van der Waals surface area contributed by atoms with E-state index in [9.17, 15) is 4.39 Å². The Labute approximate surface area is 96.6 Å². The Morgan fingerprint density at radius 1 is 1.60 bits per heavy atom. The molecular formula is C11H13BrFNO. The van der Waals surface area contributed by atoms with Crippen molar-refractivity contribution in [2.45, 2.75) is 32.4 Å². The molecule has 0 atom stereocenters. The topological polar surface area (TPSA) is 32.3 Å². The molecule has 2 nitrogen and oxygen atoms in total. The molecule has 0 amide bonds. The molecule has 4 heteroatoms. The Morgan fingerprint density at radius 2 is 2.27 bits per heavy atom. The van der Waals surface area contributed by atoms with Crippen LogP contribution >= 0.6 is 15.9 Å². The van der Waals surface area contributed by atoms with E-state index in [1.807, 2.05) is 6.92 Å². The van der Waals surface area contributed by atoms with Crippen LogP contribution in [0.2, 0.25) is 0 Å². The molecule has 0 bridgehead atoms. The van der Waals surface area contributed by atoms with Crippen LogP contribution in [-0.4, -0.2) is 11.1 Å². The van der Waals surface area contributed by atoms with Gasteiger partial charge in [-0.05, 0) is 47.3 Å². The van der Waals surface area contributed by atoms with Crippen LogP contribution in [0.4, 0.5) is 10.1 Å². The lowest BCUT2D eigenvalue weighted by Crippen LogP contribution is -2.07. The van der Waals surface area contributed by atoms with Gasteiger partial charge in [0.2, 0.25) is 0 Å². The second kappa shape index (κ2) is 4.10. The standard InChI is InChI=1S/C11H13BrFNO/c1-6-10(12)9(13)4-7(5-15)11(6)14-8-2-3-8/h4,8,14-15H,2-3,5H2,1H3. The third-order valence-electron chi connectivity index (χ3n) is 2.63. The van der Waals surface area contributed by atoms with Crippen molar-refractivity contribution in [2.75, 3.05) is 5.32 Å². The number of rotatable bonds is 3. The average molecular weight is 274 g/mol. The zero-order chi connectivity index (χ0) is 11.0. The van der Waals surface area contributed by atoms with Crippen LogP contribution in [0, 0.1) is 12.7 Å². The lowest BCUT2D eigenvalue weighted by atomic mass is 10.1. The van der Waals surface area contributed by atoms with Crippen LogP contribution in [0.25, 0.3) is 0 Å². The van der Waals surface area contributed by atoms with Gasteiger partial charge < -0.3 is 10.4 Å². The van der Waals surface area contributed by atoms with Crippen LogP contribution in [0.15, 0.2) is 10.5 Å². The first-order valence-electron chi connectivity index (χ1n) is 4.98. The molecule has 1 aliphatic rings. The van der Waals surface area contributed by atoms with Crippen molar-refractivity contribution < 1.29 is 9.50 Å². The van der Waals surface area contributed by atoms with E-state index in [4.69, 9.17) is 5.11 Å². The minimum Gasteiger partial charge on any atom is -0.392 e. The number of benzene rings is 1. The molecule has 1 fully saturated rings. The molecule has 82 valence electrons. The molecule has 0 spiro atoms. The van der Waals surface area contributed by atoms with Crippen molar-refractivity contribution in [3.63, 3.8) is 0 Å². The number of hydrogen-bond acceptors (Lipinski definition) is 2. The first kappa shape index (κ1) is 10.9. The molecule has 1 saturated carbocycles. The van der Waals surface area contributed by atoms with Gasteiger partial charge in [-0.3, -0.25) is 0 Å². The summed E-state index contributed by atoms with van der Waals surface area (Å²) >= 11 is 3.21. The predicted octanol–water partition coefficient (Wildman–Crippen LogP) is 2.96. The molecule has 1 aliphatic carbocycles. The SMILES string of the molecule is Cc1c(Br)c(F)cc(CO)c1NC1CC1. The summed E-state index contributed by atoms with van der Waals surface area (Å²) in [7, 11) is 0.